The van der Waals surface area contributed by atoms with Gasteiger partial charge < -0.3 is 9.64 Å². The maximum Gasteiger partial charge on any atom is 0.310 e. The number of rotatable bonds is 2. The summed E-state index contributed by atoms with van der Waals surface area (Å²) in [5, 5.41) is 0. The van der Waals surface area contributed by atoms with Gasteiger partial charge in [0.15, 0.2) is 0 Å². The number of para-hydroxylation sites is 1. The molecule has 1 heterocycles. The molecule has 1 amide bonds. The Morgan fingerprint density at radius 3 is 2.71 bits per heavy atom. The summed E-state index contributed by atoms with van der Waals surface area (Å²) in [6.45, 7) is 0.412. The lowest BCUT2D eigenvalue weighted by molar-refractivity contribution is -0.146. The predicted octanol–water partition coefficient (Wildman–Crippen LogP) is 1.60. The fourth-order valence-electron chi connectivity index (χ4n) is 2.06. The fraction of sp³-hybridized carbons (Fsp3) is 0.385. The van der Waals surface area contributed by atoms with E-state index in [0.717, 1.165) is 5.69 Å². The third kappa shape index (κ3) is 2.46. The van der Waals surface area contributed by atoms with E-state index < -0.39 is 0 Å². The Morgan fingerprint density at radius 2 is 2.06 bits per heavy atom. The molecule has 1 aliphatic rings. The lowest BCUT2D eigenvalue weighted by Crippen LogP contribution is -2.43. The molecule has 0 aromatic heterocycles. The van der Waals surface area contributed by atoms with Crippen molar-refractivity contribution in [2.75, 3.05) is 18.6 Å². The highest BCUT2D eigenvalue weighted by Crippen LogP contribution is 2.24. The van der Waals surface area contributed by atoms with E-state index in [1.165, 1.54) is 7.11 Å². The Kier molecular flexibility index (Phi) is 3.42. The molecule has 0 spiro atoms. The summed E-state index contributed by atoms with van der Waals surface area (Å²) in [5.41, 5.74) is 0.839. The molecule has 1 saturated heterocycles. The molecule has 90 valence electrons. The standard InChI is InChI=1S/C13H15NO3/c1-17-13(16)10-7-8-12(15)14(9-10)11-5-3-2-4-6-11/h2-6,10H,7-9H2,1H3. The largest absolute Gasteiger partial charge is 0.469 e. The smallest absolute Gasteiger partial charge is 0.310 e. The fourth-order valence-corrected chi connectivity index (χ4v) is 2.06. The van der Waals surface area contributed by atoms with Gasteiger partial charge in [0.05, 0.1) is 13.0 Å². The van der Waals surface area contributed by atoms with Gasteiger partial charge in [-0.3, -0.25) is 9.59 Å². The van der Waals surface area contributed by atoms with Crippen LogP contribution in [0.25, 0.3) is 0 Å². The van der Waals surface area contributed by atoms with Gasteiger partial charge in [0.1, 0.15) is 0 Å². The van der Waals surface area contributed by atoms with E-state index >= 15 is 0 Å². The summed E-state index contributed by atoms with van der Waals surface area (Å²) in [4.78, 5) is 25.0. The minimum absolute atomic E-state index is 0.0661. The van der Waals surface area contributed by atoms with Crippen LogP contribution in [0, 0.1) is 5.92 Å². The number of anilines is 1. The SMILES string of the molecule is COC(=O)C1CCC(=O)N(c2ccccc2)C1. The lowest BCUT2D eigenvalue weighted by Gasteiger charge is -2.31. The lowest BCUT2D eigenvalue weighted by atomic mass is 9.97. The van der Waals surface area contributed by atoms with Crippen LogP contribution < -0.4 is 4.90 Å². The van der Waals surface area contributed by atoms with Gasteiger partial charge in [-0.15, -0.1) is 0 Å². The van der Waals surface area contributed by atoms with Crippen molar-refractivity contribution >= 4 is 17.6 Å². The molecule has 1 atom stereocenters. The maximum atomic E-state index is 11.8. The number of amides is 1. The minimum Gasteiger partial charge on any atom is -0.469 e. The molecule has 2 rings (SSSR count). The second-order valence-corrected chi connectivity index (χ2v) is 4.10. The Balaban J connectivity index is 2.16. The Morgan fingerprint density at radius 1 is 1.35 bits per heavy atom. The molecule has 1 aliphatic heterocycles. The Labute approximate surface area is 100 Å². The molecule has 0 bridgehead atoms. The van der Waals surface area contributed by atoms with E-state index in [-0.39, 0.29) is 17.8 Å². The molecule has 0 saturated carbocycles. The topological polar surface area (TPSA) is 46.6 Å². The van der Waals surface area contributed by atoms with Crippen molar-refractivity contribution in [1.82, 2.24) is 0 Å². The van der Waals surface area contributed by atoms with Crippen LogP contribution in [-0.4, -0.2) is 25.5 Å². The van der Waals surface area contributed by atoms with Crippen LogP contribution in [0.1, 0.15) is 12.8 Å². The molecule has 1 aromatic rings. The van der Waals surface area contributed by atoms with E-state index in [1.54, 1.807) is 4.90 Å². The number of carbonyl (C=O) groups is 2. The van der Waals surface area contributed by atoms with Crippen LogP contribution in [0.4, 0.5) is 5.69 Å². The van der Waals surface area contributed by atoms with Crippen LogP contribution in [0.3, 0.4) is 0 Å². The highest BCUT2D eigenvalue weighted by molar-refractivity contribution is 5.95. The van der Waals surface area contributed by atoms with Crippen molar-refractivity contribution in [2.24, 2.45) is 5.92 Å². The average molecular weight is 233 g/mol. The number of methoxy groups -OCH3 is 1. The number of carbonyl (C=O) groups excluding carboxylic acids is 2. The highest BCUT2D eigenvalue weighted by atomic mass is 16.5. The Bertz CT molecular complexity index is 416. The maximum absolute atomic E-state index is 11.8. The molecule has 1 unspecified atom stereocenters. The summed E-state index contributed by atoms with van der Waals surface area (Å²) in [5.74, 6) is -0.382. The first-order valence-electron chi connectivity index (χ1n) is 5.65. The predicted molar refractivity (Wildman–Crippen MR) is 63.5 cm³/mol. The highest BCUT2D eigenvalue weighted by Gasteiger charge is 2.31. The molecular formula is C13H15NO3. The summed E-state index contributed by atoms with van der Waals surface area (Å²) in [7, 11) is 1.38. The first-order valence-corrected chi connectivity index (χ1v) is 5.65. The van der Waals surface area contributed by atoms with Gasteiger partial charge in [0, 0.05) is 18.7 Å². The molecule has 17 heavy (non-hydrogen) atoms. The second-order valence-electron chi connectivity index (χ2n) is 4.10. The number of ether oxygens (including phenoxy) is 1. The van der Waals surface area contributed by atoms with E-state index in [4.69, 9.17) is 4.74 Å². The number of hydrogen-bond acceptors (Lipinski definition) is 3. The Hall–Kier alpha value is -1.84. The zero-order chi connectivity index (χ0) is 12.3. The zero-order valence-corrected chi connectivity index (χ0v) is 9.76. The van der Waals surface area contributed by atoms with E-state index in [1.807, 2.05) is 30.3 Å². The first kappa shape index (κ1) is 11.6. The van der Waals surface area contributed by atoms with Gasteiger partial charge in [-0.05, 0) is 18.6 Å². The van der Waals surface area contributed by atoms with Gasteiger partial charge in [0.25, 0.3) is 0 Å². The van der Waals surface area contributed by atoms with E-state index in [0.29, 0.717) is 19.4 Å². The number of benzene rings is 1. The number of nitrogens with zero attached hydrogens (tertiary/aromatic N) is 1. The molecular weight excluding hydrogens is 218 g/mol. The molecule has 0 aliphatic carbocycles. The normalized spacial score (nSPS) is 20.2. The summed E-state index contributed by atoms with van der Waals surface area (Å²) in [6.07, 6.45) is 0.976. The van der Waals surface area contributed by atoms with Crippen molar-refractivity contribution in [3.63, 3.8) is 0 Å². The van der Waals surface area contributed by atoms with Gasteiger partial charge in [-0.2, -0.15) is 0 Å². The van der Waals surface area contributed by atoms with Crippen molar-refractivity contribution in [3.05, 3.63) is 30.3 Å². The molecule has 0 N–H and O–H groups in total. The van der Waals surface area contributed by atoms with Gasteiger partial charge in [-0.1, -0.05) is 18.2 Å². The van der Waals surface area contributed by atoms with E-state index in [9.17, 15) is 9.59 Å². The summed E-state index contributed by atoms with van der Waals surface area (Å²) >= 11 is 0. The van der Waals surface area contributed by atoms with Crippen molar-refractivity contribution in [3.8, 4) is 0 Å². The van der Waals surface area contributed by atoms with Gasteiger partial charge >= 0.3 is 5.97 Å². The molecule has 4 heteroatoms. The monoisotopic (exact) mass is 233 g/mol. The van der Waals surface area contributed by atoms with Crippen LogP contribution in [0.15, 0.2) is 30.3 Å². The average Bonchev–Trinajstić information content (AvgIpc) is 2.39. The minimum atomic E-state index is -0.238. The third-order valence-corrected chi connectivity index (χ3v) is 3.01. The van der Waals surface area contributed by atoms with Crippen LogP contribution in [0.5, 0.6) is 0 Å². The summed E-state index contributed by atoms with van der Waals surface area (Å²) < 4.78 is 4.73. The van der Waals surface area contributed by atoms with Gasteiger partial charge in [0.2, 0.25) is 5.91 Å². The number of esters is 1. The van der Waals surface area contributed by atoms with Gasteiger partial charge in [-0.25, -0.2) is 0 Å². The van der Waals surface area contributed by atoms with Crippen molar-refractivity contribution < 1.29 is 14.3 Å². The number of piperidine rings is 1. The second kappa shape index (κ2) is 4.99. The van der Waals surface area contributed by atoms with Crippen LogP contribution in [-0.2, 0) is 14.3 Å². The molecule has 1 aromatic carbocycles. The van der Waals surface area contributed by atoms with Crippen molar-refractivity contribution in [2.45, 2.75) is 12.8 Å². The molecule has 1 fully saturated rings. The van der Waals surface area contributed by atoms with Crippen molar-refractivity contribution in [1.29, 1.82) is 0 Å². The zero-order valence-electron chi connectivity index (χ0n) is 9.76. The number of hydrogen-bond donors (Lipinski definition) is 0. The van der Waals surface area contributed by atoms with Crippen LogP contribution in [0.2, 0.25) is 0 Å². The summed E-state index contributed by atoms with van der Waals surface area (Å²) in [6, 6.07) is 9.40. The first-order chi connectivity index (χ1) is 8.22. The molecule has 4 nitrogen and oxygen atoms in total. The quantitative estimate of drug-likeness (QED) is 0.729. The van der Waals surface area contributed by atoms with Crippen LogP contribution >= 0.6 is 0 Å². The van der Waals surface area contributed by atoms with E-state index in [2.05, 4.69) is 0 Å². The third-order valence-electron chi connectivity index (χ3n) is 3.01. The molecule has 0 radical (unpaired) electrons.